The SMILES string of the molecule is C[C@H](C(=O)N1CCCCCC1)[NH+]1CCN(S(=O)(=O)c2cccs2)CC1. The van der Waals surface area contributed by atoms with Crippen LogP contribution in [0.25, 0.3) is 0 Å². The number of nitrogens with one attached hydrogen (secondary N) is 1. The van der Waals surface area contributed by atoms with Crippen molar-refractivity contribution >= 4 is 27.3 Å². The van der Waals surface area contributed by atoms with E-state index >= 15 is 0 Å². The van der Waals surface area contributed by atoms with Gasteiger partial charge in [0.1, 0.15) is 4.21 Å². The number of hydrogen-bond donors (Lipinski definition) is 1. The highest BCUT2D eigenvalue weighted by Crippen LogP contribution is 2.20. The fraction of sp³-hybridized carbons (Fsp3) is 0.706. The molecule has 1 N–H and O–H groups in total. The summed E-state index contributed by atoms with van der Waals surface area (Å²) in [7, 11) is -3.37. The Morgan fingerprint density at radius 3 is 2.32 bits per heavy atom. The van der Waals surface area contributed by atoms with Gasteiger partial charge in [-0.1, -0.05) is 18.9 Å². The third-order valence-electron chi connectivity index (χ3n) is 5.35. The van der Waals surface area contributed by atoms with Gasteiger partial charge in [-0.05, 0) is 31.2 Å². The van der Waals surface area contributed by atoms with Gasteiger partial charge in [0.05, 0.1) is 26.2 Å². The van der Waals surface area contributed by atoms with Gasteiger partial charge in [0.2, 0.25) is 0 Å². The summed E-state index contributed by atoms with van der Waals surface area (Å²) >= 11 is 1.26. The largest absolute Gasteiger partial charge is 0.338 e. The van der Waals surface area contributed by atoms with Crippen LogP contribution < -0.4 is 4.90 Å². The highest BCUT2D eigenvalue weighted by atomic mass is 32.2. The molecule has 2 fully saturated rings. The van der Waals surface area contributed by atoms with E-state index in [0.29, 0.717) is 30.4 Å². The molecule has 1 atom stereocenters. The molecule has 0 aliphatic carbocycles. The summed E-state index contributed by atoms with van der Waals surface area (Å²) in [6.07, 6.45) is 4.62. The summed E-state index contributed by atoms with van der Waals surface area (Å²) in [4.78, 5) is 16.0. The zero-order valence-corrected chi connectivity index (χ0v) is 16.4. The molecule has 3 rings (SSSR count). The van der Waals surface area contributed by atoms with Crippen LogP contribution in [-0.2, 0) is 14.8 Å². The third-order valence-corrected chi connectivity index (χ3v) is 8.63. The normalized spacial score (nSPS) is 22.5. The molecule has 2 saturated heterocycles. The van der Waals surface area contributed by atoms with Crippen LogP contribution in [-0.4, -0.2) is 68.8 Å². The van der Waals surface area contributed by atoms with E-state index < -0.39 is 10.0 Å². The van der Waals surface area contributed by atoms with E-state index in [1.165, 1.54) is 29.1 Å². The maximum absolute atomic E-state index is 12.8. The Kier molecular flexibility index (Phi) is 6.14. The van der Waals surface area contributed by atoms with Gasteiger partial charge in [0, 0.05) is 13.1 Å². The van der Waals surface area contributed by atoms with Crippen LogP contribution in [0.4, 0.5) is 0 Å². The molecule has 2 aliphatic heterocycles. The van der Waals surface area contributed by atoms with E-state index in [9.17, 15) is 13.2 Å². The molecular weight excluding hydrogens is 358 g/mol. The lowest BCUT2D eigenvalue weighted by atomic mass is 10.2. The molecule has 0 spiro atoms. The standard InChI is InChI=1S/C17H27N3O3S2/c1-15(17(21)19-8-4-2-3-5-9-19)18-10-12-20(13-11-18)25(22,23)16-7-6-14-24-16/h6-7,14-15H,2-5,8-13H2,1H3/p+1/t15-/m1/s1. The van der Waals surface area contributed by atoms with Gasteiger partial charge in [0.25, 0.3) is 15.9 Å². The molecule has 25 heavy (non-hydrogen) atoms. The summed E-state index contributed by atoms with van der Waals surface area (Å²) in [5.74, 6) is 0.228. The zero-order valence-electron chi connectivity index (χ0n) is 14.8. The lowest BCUT2D eigenvalue weighted by Crippen LogP contribution is -3.19. The molecule has 1 aromatic heterocycles. The number of quaternary nitrogens is 1. The van der Waals surface area contributed by atoms with E-state index in [-0.39, 0.29) is 11.9 Å². The van der Waals surface area contributed by atoms with Crippen LogP contribution in [0.1, 0.15) is 32.6 Å². The molecule has 3 heterocycles. The Labute approximate surface area is 154 Å². The number of carbonyl (C=O) groups is 1. The van der Waals surface area contributed by atoms with Crippen LogP contribution >= 0.6 is 11.3 Å². The van der Waals surface area contributed by atoms with Crippen molar-refractivity contribution in [2.24, 2.45) is 0 Å². The Balaban J connectivity index is 1.57. The quantitative estimate of drug-likeness (QED) is 0.816. The minimum absolute atomic E-state index is 0.0929. The number of rotatable bonds is 4. The number of amides is 1. The zero-order chi connectivity index (χ0) is 17.9. The first kappa shape index (κ1) is 18.8. The van der Waals surface area contributed by atoms with E-state index in [0.717, 1.165) is 25.9 Å². The first-order valence-corrected chi connectivity index (χ1v) is 11.5. The minimum Gasteiger partial charge on any atom is -0.338 e. The Bertz CT molecular complexity index is 659. The Morgan fingerprint density at radius 2 is 1.76 bits per heavy atom. The molecule has 0 bridgehead atoms. The molecular formula is C17H28N3O3S2+. The van der Waals surface area contributed by atoms with Crippen LogP contribution in [0.2, 0.25) is 0 Å². The van der Waals surface area contributed by atoms with Crippen LogP contribution in [0.5, 0.6) is 0 Å². The van der Waals surface area contributed by atoms with Gasteiger partial charge >= 0.3 is 0 Å². The number of piperazine rings is 1. The predicted molar refractivity (Wildman–Crippen MR) is 98.3 cm³/mol. The molecule has 0 saturated carbocycles. The van der Waals surface area contributed by atoms with Crippen LogP contribution in [0.15, 0.2) is 21.7 Å². The number of hydrogen-bond acceptors (Lipinski definition) is 4. The molecule has 0 radical (unpaired) electrons. The number of thiophene rings is 1. The molecule has 6 nitrogen and oxygen atoms in total. The third kappa shape index (κ3) is 4.24. The molecule has 2 aliphatic rings. The molecule has 140 valence electrons. The number of likely N-dealkylation sites (tertiary alicyclic amines) is 1. The lowest BCUT2D eigenvalue weighted by molar-refractivity contribution is -0.918. The summed E-state index contributed by atoms with van der Waals surface area (Å²) in [6, 6.07) is 3.33. The van der Waals surface area contributed by atoms with E-state index in [1.54, 1.807) is 21.8 Å². The minimum atomic E-state index is -3.37. The van der Waals surface area contributed by atoms with Crippen molar-refractivity contribution < 1.29 is 18.1 Å². The van der Waals surface area contributed by atoms with E-state index in [1.807, 2.05) is 11.8 Å². The fourth-order valence-corrected chi connectivity index (χ4v) is 6.31. The van der Waals surface area contributed by atoms with Crippen LogP contribution in [0.3, 0.4) is 0 Å². The summed E-state index contributed by atoms with van der Waals surface area (Å²) in [5, 5.41) is 1.79. The topological polar surface area (TPSA) is 62.1 Å². The lowest BCUT2D eigenvalue weighted by Gasteiger charge is -2.35. The number of sulfonamides is 1. The molecule has 0 unspecified atom stereocenters. The van der Waals surface area contributed by atoms with Gasteiger partial charge in [-0.15, -0.1) is 11.3 Å². The van der Waals surface area contributed by atoms with Gasteiger partial charge < -0.3 is 9.80 Å². The van der Waals surface area contributed by atoms with Gasteiger partial charge in [-0.2, -0.15) is 4.31 Å². The summed E-state index contributed by atoms with van der Waals surface area (Å²) < 4.78 is 27.2. The van der Waals surface area contributed by atoms with Crippen molar-refractivity contribution in [1.29, 1.82) is 0 Å². The smallest absolute Gasteiger partial charge is 0.280 e. The first-order valence-electron chi connectivity index (χ1n) is 9.17. The highest BCUT2D eigenvalue weighted by molar-refractivity contribution is 7.91. The summed E-state index contributed by atoms with van der Waals surface area (Å²) in [5.41, 5.74) is 0. The van der Waals surface area contributed by atoms with Crippen molar-refractivity contribution in [3.05, 3.63) is 17.5 Å². The Morgan fingerprint density at radius 1 is 1.12 bits per heavy atom. The first-order chi connectivity index (χ1) is 12.0. The molecule has 1 aromatic rings. The second-order valence-electron chi connectivity index (χ2n) is 6.96. The van der Waals surface area contributed by atoms with Crippen molar-refractivity contribution in [3.8, 4) is 0 Å². The second-order valence-corrected chi connectivity index (χ2v) is 10.1. The highest BCUT2D eigenvalue weighted by Gasteiger charge is 2.36. The average Bonchev–Trinajstić information content (AvgIpc) is 3.05. The fourth-order valence-electron chi connectivity index (χ4n) is 3.72. The monoisotopic (exact) mass is 386 g/mol. The summed E-state index contributed by atoms with van der Waals surface area (Å²) in [6.45, 7) is 6.06. The van der Waals surface area contributed by atoms with Crippen molar-refractivity contribution in [3.63, 3.8) is 0 Å². The van der Waals surface area contributed by atoms with Crippen LogP contribution in [0, 0.1) is 0 Å². The van der Waals surface area contributed by atoms with Gasteiger partial charge in [-0.3, -0.25) is 4.79 Å². The number of carbonyl (C=O) groups excluding carboxylic acids is 1. The average molecular weight is 387 g/mol. The Hall–Kier alpha value is -0.960. The second kappa shape index (κ2) is 8.16. The van der Waals surface area contributed by atoms with Crippen molar-refractivity contribution in [2.75, 3.05) is 39.3 Å². The predicted octanol–water partition coefficient (Wildman–Crippen LogP) is 0.428. The van der Waals surface area contributed by atoms with Crippen molar-refractivity contribution in [2.45, 2.75) is 42.9 Å². The molecule has 0 aromatic carbocycles. The van der Waals surface area contributed by atoms with E-state index in [4.69, 9.17) is 0 Å². The number of nitrogens with zero attached hydrogens (tertiary/aromatic N) is 2. The van der Waals surface area contributed by atoms with E-state index in [2.05, 4.69) is 0 Å². The maximum Gasteiger partial charge on any atom is 0.280 e. The molecule has 1 amide bonds. The molecule has 8 heteroatoms. The van der Waals surface area contributed by atoms with Gasteiger partial charge in [0.15, 0.2) is 6.04 Å². The van der Waals surface area contributed by atoms with Gasteiger partial charge in [-0.25, -0.2) is 8.42 Å². The van der Waals surface area contributed by atoms with Crippen molar-refractivity contribution in [1.82, 2.24) is 9.21 Å². The maximum atomic E-state index is 12.8.